The first-order valence-electron chi connectivity index (χ1n) is 11.0. The van der Waals surface area contributed by atoms with E-state index in [9.17, 15) is 42.6 Å². The van der Waals surface area contributed by atoms with Crippen molar-refractivity contribution in [2.45, 2.75) is 65.3 Å². The zero-order valence-electron chi connectivity index (χ0n) is 20.9. The first-order valence-corrected chi connectivity index (χ1v) is 11.0. The molecule has 0 aliphatic carbocycles. The topological polar surface area (TPSA) is 182 Å². The van der Waals surface area contributed by atoms with E-state index < -0.39 is 65.8 Å². The molecule has 3 amide bonds. The Bertz CT molecular complexity index is 946. The van der Waals surface area contributed by atoms with Crippen LogP contribution in [0.15, 0.2) is 24.3 Å². The van der Waals surface area contributed by atoms with Crippen molar-refractivity contribution in [2.24, 2.45) is 11.8 Å². The van der Waals surface area contributed by atoms with Gasteiger partial charge in [-0.25, -0.2) is 4.79 Å². The smallest absolute Gasteiger partial charge is 0.471 e. The Balaban J connectivity index is 0.00000300. The van der Waals surface area contributed by atoms with E-state index in [1.165, 1.54) is 38.1 Å². The Morgan fingerprint density at radius 3 is 1.65 bits per heavy atom. The molecule has 0 spiro atoms. The van der Waals surface area contributed by atoms with E-state index in [1.54, 1.807) is 19.2 Å². The molecule has 0 aliphatic heterocycles. The lowest BCUT2D eigenvalue weighted by molar-refractivity contribution is -0.175. The van der Waals surface area contributed by atoms with E-state index in [1.807, 2.05) is 0 Å². The highest BCUT2D eigenvalue weighted by Crippen LogP contribution is 2.16. The lowest BCUT2D eigenvalue weighted by Crippen LogP contribution is -2.59. The van der Waals surface area contributed by atoms with E-state index in [2.05, 4.69) is 10.6 Å². The molecule has 6 N–H and O–H groups in total. The molecule has 208 valence electrons. The molecule has 0 unspecified atom stereocenters. The molecular weight excluding hydrogens is 503 g/mol. The highest BCUT2D eigenvalue weighted by molar-refractivity contribution is 5.94. The van der Waals surface area contributed by atoms with Crippen molar-refractivity contribution < 1.29 is 52.5 Å². The first-order chi connectivity index (χ1) is 16.9. The molecule has 11 nitrogen and oxygen atoms in total. The third-order valence-electron chi connectivity index (χ3n) is 4.73. The first kappa shape index (κ1) is 33.2. The second kappa shape index (κ2) is 14.7. The molecule has 0 bridgehead atoms. The summed E-state index contributed by atoms with van der Waals surface area (Å²) < 4.78 is 38.0. The minimum atomic E-state index is -5.21. The van der Waals surface area contributed by atoms with Gasteiger partial charge in [-0.15, -0.1) is 0 Å². The van der Waals surface area contributed by atoms with Gasteiger partial charge in [0.15, 0.2) is 0 Å². The summed E-state index contributed by atoms with van der Waals surface area (Å²) in [5.41, 5.74) is 0.477. The highest BCUT2D eigenvalue weighted by atomic mass is 19.4. The summed E-state index contributed by atoms with van der Waals surface area (Å²) in [4.78, 5) is 57.4. The third kappa shape index (κ3) is 12.6. The quantitative estimate of drug-likeness (QED) is 0.260. The van der Waals surface area contributed by atoms with Crippen LogP contribution >= 0.6 is 0 Å². The lowest BCUT2D eigenvalue weighted by Gasteiger charge is -2.27. The summed E-state index contributed by atoms with van der Waals surface area (Å²) in [6.45, 7) is 7.03. The van der Waals surface area contributed by atoms with Crippen LogP contribution in [-0.2, 0) is 30.4 Å². The number of carboxylic acid groups (broad SMARTS) is 2. The van der Waals surface area contributed by atoms with Crippen LogP contribution in [0, 0.1) is 11.8 Å². The molecule has 3 atom stereocenters. The van der Waals surface area contributed by atoms with Gasteiger partial charge in [-0.05, 0) is 29.5 Å². The van der Waals surface area contributed by atoms with E-state index in [-0.39, 0.29) is 12.2 Å². The van der Waals surface area contributed by atoms with Crippen molar-refractivity contribution in [2.75, 3.05) is 0 Å². The number of carbonyl (C=O) groups is 5. The maximum absolute atomic E-state index is 12.8. The molecule has 0 aromatic heterocycles. The normalized spacial score (nSPS) is 13.5. The fourth-order valence-corrected chi connectivity index (χ4v) is 2.86. The van der Waals surface area contributed by atoms with Gasteiger partial charge >= 0.3 is 18.1 Å². The van der Waals surface area contributed by atoms with Gasteiger partial charge in [0.2, 0.25) is 11.8 Å². The summed E-state index contributed by atoms with van der Waals surface area (Å²) in [6, 6.07) is 1.35. The molecule has 0 fully saturated rings. The summed E-state index contributed by atoms with van der Waals surface area (Å²) in [5, 5.41) is 32.4. The number of aliphatic carboxylic acids is 2. The number of carbonyl (C=O) groups excluding carboxylic acids is 3. The number of alkyl halides is 3. The van der Waals surface area contributed by atoms with Crippen LogP contribution in [0.25, 0.3) is 0 Å². The summed E-state index contributed by atoms with van der Waals surface area (Å²) in [5.74, 6) is -7.65. The average Bonchev–Trinajstić information content (AvgIpc) is 2.74. The van der Waals surface area contributed by atoms with Gasteiger partial charge in [0, 0.05) is 13.3 Å². The monoisotopic (exact) mass is 535 g/mol. The van der Waals surface area contributed by atoms with Gasteiger partial charge in [-0.3, -0.25) is 19.2 Å². The molecule has 0 aliphatic rings. The fraction of sp³-hybridized carbons (Fsp3) is 0.522. The second-order valence-electron chi connectivity index (χ2n) is 8.71. The van der Waals surface area contributed by atoms with E-state index >= 15 is 0 Å². The van der Waals surface area contributed by atoms with Crippen molar-refractivity contribution >= 4 is 29.7 Å². The summed E-state index contributed by atoms with van der Waals surface area (Å²) >= 11 is 0. The van der Waals surface area contributed by atoms with Gasteiger partial charge in [0.25, 0.3) is 5.97 Å². The standard InChI is InChI=1S/C21H28F3N3O6.C2H4O2/c1-10(2)15(27-20(33)21(22,23)24)18(30)25-14(9-12-5-7-13(28)8-6-12)17(29)26-16(11(3)4)19(31)32;1-2(3)4/h5-8,10-11,14-16,28H,9H2,1-4H3,(H,25,30)(H,26,29)(H,27,33)(H,31,32);1H3,(H,3,4)/t14-,15+,16+;/m1./s1. The zero-order valence-corrected chi connectivity index (χ0v) is 20.9. The molecule has 14 heteroatoms. The van der Waals surface area contributed by atoms with Gasteiger partial charge < -0.3 is 31.3 Å². The molecule has 37 heavy (non-hydrogen) atoms. The van der Waals surface area contributed by atoms with Crippen molar-refractivity contribution in [3.8, 4) is 5.75 Å². The van der Waals surface area contributed by atoms with Gasteiger partial charge in [-0.1, -0.05) is 39.8 Å². The Morgan fingerprint density at radius 2 is 1.27 bits per heavy atom. The predicted octanol–water partition coefficient (Wildman–Crippen LogP) is 1.44. The van der Waals surface area contributed by atoms with E-state index in [4.69, 9.17) is 9.90 Å². The Hall–Kier alpha value is -3.84. The van der Waals surface area contributed by atoms with Crippen molar-refractivity contribution in [1.82, 2.24) is 16.0 Å². The molecule has 1 aromatic rings. The number of nitrogens with one attached hydrogen (secondary N) is 3. The second-order valence-corrected chi connectivity index (χ2v) is 8.71. The molecule has 1 rings (SSSR count). The maximum atomic E-state index is 12.8. The number of halogens is 3. The Labute approximate surface area is 211 Å². The number of carboxylic acids is 2. The summed E-state index contributed by atoms with van der Waals surface area (Å²) in [6.07, 6.45) is -5.36. The van der Waals surface area contributed by atoms with Gasteiger partial charge in [-0.2, -0.15) is 13.2 Å². The number of benzene rings is 1. The maximum Gasteiger partial charge on any atom is 0.471 e. The van der Waals surface area contributed by atoms with Crippen molar-refractivity contribution in [1.29, 1.82) is 0 Å². The predicted molar refractivity (Wildman–Crippen MR) is 124 cm³/mol. The molecule has 0 heterocycles. The minimum Gasteiger partial charge on any atom is -0.508 e. The van der Waals surface area contributed by atoms with Crippen LogP contribution in [0.4, 0.5) is 13.2 Å². The number of phenolic OH excluding ortho intramolecular Hbond substituents is 1. The molecule has 0 saturated carbocycles. The number of rotatable bonds is 10. The zero-order chi connectivity index (χ0) is 29.1. The van der Waals surface area contributed by atoms with Crippen LogP contribution < -0.4 is 16.0 Å². The Kier molecular flexibility index (Phi) is 13.1. The lowest BCUT2D eigenvalue weighted by atomic mass is 9.99. The SMILES string of the molecule is CC(=O)O.CC(C)[C@H](NC(=O)[C@@H](Cc1ccc(O)cc1)NC(=O)[C@@H](NC(=O)C(F)(F)F)C(C)C)C(=O)O. The molecule has 0 saturated heterocycles. The Morgan fingerprint density at radius 1 is 0.811 bits per heavy atom. The van der Waals surface area contributed by atoms with Crippen LogP contribution in [0.5, 0.6) is 5.75 Å². The number of aromatic hydroxyl groups is 1. The van der Waals surface area contributed by atoms with Crippen molar-refractivity contribution in [3.63, 3.8) is 0 Å². The average molecular weight is 536 g/mol. The van der Waals surface area contributed by atoms with Crippen LogP contribution in [-0.4, -0.2) is 69.3 Å². The molecule has 1 aromatic carbocycles. The third-order valence-corrected chi connectivity index (χ3v) is 4.73. The number of phenols is 1. The van der Waals surface area contributed by atoms with Crippen LogP contribution in [0.3, 0.4) is 0 Å². The van der Waals surface area contributed by atoms with E-state index in [0.717, 1.165) is 6.92 Å². The van der Waals surface area contributed by atoms with E-state index in [0.29, 0.717) is 5.56 Å². The number of hydrogen-bond acceptors (Lipinski definition) is 6. The molecular formula is C23H32F3N3O8. The molecule has 0 radical (unpaired) electrons. The largest absolute Gasteiger partial charge is 0.508 e. The summed E-state index contributed by atoms with van der Waals surface area (Å²) in [7, 11) is 0. The fourth-order valence-electron chi connectivity index (χ4n) is 2.86. The van der Waals surface area contributed by atoms with Crippen molar-refractivity contribution in [3.05, 3.63) is 29.8 Å². The highest BCUT2D eigenvalue weighted by Gasteiger charge is 2.42. The minimum absolute atomic E-state index is 0.0516. The van der Waals surface area contributed by atoms with Gasteiger partial charge in [0.1, 0.15) is 23.9 Å². The number of amides is 3. The number of hydrogen-bond donors (Lipinski definition) is 6. The van der Waals surface area contributed by atoms with Gasteiger partial charge in [0.05, 0.1) is 0 Å². The van der Waals surface area contributed by atoms with Crippen LogP contribution in [0.1, 0.15) is 40.2 Å². The van der Waals surface area contributed by atoms with Crippen LogP contribution in [0.2, 0.25) is 0 Å².